The normalized spacial score (nSPS) is 23.1. The lowest BCUT2D eigenvalue weighted by Crippen LogP contribution is -2.22. The van der Waals surface area contributed by atoms with Crippen molar-refractivity contribution < 1.29 is 0 Å². The maximum atomic E-state index is 4.52. The van der Waals surface area contributed by atoms with Crippen LogP contribution in [0.5, 0.6) is 0 Å². The van der Waals surface area contributed by atoms with Crippen LogP contribution in [-0.4, -0.2) is 29.8 Å². The minimum atomic E-state index is 0.664. The molecule has 0 aliphatic heterocycles. The highest BCUT2D eigenvalue weighted by molar-refractivity contribution is 5.19. The molecule has 3 rings (SSSR count). The number of tetrazole rings is 1. The summed E-state index contributed by atoms with van der Waals surface area (Å²) >= 11 is 0. The van der Waals surface area contributed by atoms with Crippen LogP contribution in [0.2, 0.25) is 0 Å². The number of hydrogen-bond donors (Lipinski definition) is 0. The number of hydrogen-bond acceptors (Lipinski definition) is 4. The topological polar surface area (TPSA) is 61.4 Å². The van der Waals surface area contributed by atoms with Crippen molar-refractivity contribution in [1.82, 2.24) is 29.8 Å². The van der Waals surface area contributed by atoms with E-state index in [9.17, 15) is 0 Å². The summed E-state index contributed by atoms with van der Waals surface area (Å²) in [6.45, 7) is 5.28. The zero-order valence-corrected chi connectivity index (χ0v) is 11.0. The Balaban J connectivity index is 1.86. The molecule has 0 saturated carbocycles. The number of aromatic nitrogens is 6. The standard InChI is InChI=1S/C12H18N6/c1-8-4-10-11(5-9(8)2)18(7-13-10)6-12-14-16-17(3)15-12/h7-9H,4-6H2,1-3H3. The van der Waals surface area contributed by atoms with Crippen LogP contribution in [0.3, 0.4) is 0 Å². The Hall–Kier alpha value is -1.72. The summed E-state index contributed by atoms with van der Waals surface area (Å²) in [6, 6.07) is 0. The van der Waals surface area contributed by atoms with Gasteiger partial charge in [0.2, 0.25) is 0 Å². The van der Waals surface area contributed by atoms with E-state index in [0.29, 0.717) is 12.5 Å². The van der Waals surface area contributed by atoms with Crippen molar-refractivity contribution in [1.29, 1.82) is 0 Å². The molecule has 0 bridgehead atoms. The molecule has 0 fully saturated rings. The number of imidazole rings is 1. The molecule has 0 saturated heterocycles. The second-order valence-electron chi connectivity index (χ2n) is 5.32. The predicted molar refractivity (Wildman–Crippen MR) is 65.9 cm³/mol. The van der Waals surface area contributed by atoms with Gasteiger partial charge in [-0.15, -0.1) is 10.2 Å². The van der Waals surface area contributed by atoms with Crippen LogP contribution in [-0.2, 0) is 26.4 Å². The molecular formula is C12H18N6. The van der Waals surface area contributed by atoms with Crippen molar-refractivity contribution in [2.24, 2.45) is 18.9 Å². The SMILES string of the molecule is CC1Cc2ncn(Cc3nnn(C)n3)c2CC1C. The van der Waals surface area contributed by atoms with Crippen LogP contribution in [0.4, 0.5) is 0 Å². The molecule has 2 atom stereocenters. The molecule has 0 aromatic carbocycles. The van der Waals surface area contributed by atoms with E-state index in [1.165, 1.54) is 16.2 Å². The van der Waals surface area contributed by atoms with Gasteiger partial charge in [0, 0.05) is 5.69 Å². The molecule has 2 unspecified atom stereocenters. The minimum Gasteiger partial charge on any atom is -0.327 e. The van der Waals surface area contributed by atoms with Crippen LogP contribution in [0.1, 0.15) is 31.1 Å². The Kier molecular flexibility index (Phi) is 2.65. The minimum absolute atomic E-state index is 0.664. The third-order valence-corrected chi connectivity index (χ3v) is 3.90. The number of fused-ring (bicyclic) bond motifs is 1. The first-order chi connectivity index (χ1) is 8.63. The van der Waals surface area contributed by atoms with Gasteiger partial charge in [-0.05, 0) is 29.9 Å². The maximum Gasteiger partial charge on any atom is 0.194 e. The molecular weight excluding hydrogens is 228 g/mol. The fourth-order valence-electron chi connectivity index (χ4n) is 2.54. The Morgan fingerprint density at radius 1 is 1.28 bits per heavy atom. The highest BCUT2D eigenvalue weighted by Gasteiger charge is 2.25. The van der Waals surface area contributed by atoms with E-state index in [-0.39, 0.29) is 0 Å². The molecule has 2 aromatic heterocycles. The molecule has 18 heavy (non-hydrogen) atoms. The van der Waals surface area contributed by atoms with Gasteiger partial charge in [0.1, 0.15) is 0 Å². The molecule has 0 radical (unpaired) electrons. The summed E-state index contributed by atoms with van der Waals surface area (Å²) in [5.41, 5.74) is 2.58. The monoisotopic (exact) mass is 246 g/mol. The van der Waals surface area contributed by atoms with Crippen molar-refractivity contribution in [2.75, 3.05) is 0 Å². The maximum absolute atomic E-state index is 4.52. The molecule has 96 valence electrons. The molecule has 2 aromatic rings. The summed E-state index contributed by atoms with van der Waals surface area (Å²) in [6.07, 6.45) is 4.08. The third-order valence-electron chi connectivity index (χ3n) is 3.90. The average Bonchev–Trinajstić information content (AvgIpc) is 2.89. The van der Waals surface area contributed by atoms with Crippen molar-refractivity contribution in [3.63, 3.8) is 0 Å². The van der Waals surface area contributed by atoms with Crippen LogP contribution < -0.4 is 0 Å². The van der Waals surface area contributed by atoms with E-state index in [1.807, 2.05) is 6.33 Å². The largest absolute Gasteiger partial charge is 0.327 e. The lowest BCUT2D eigenvalue weighted by Gasteiger charge is -2.25. The van der Waals surface area contributed by atoms with Crippen LogP contribution >= 0.6 is 0 Å². The molecule has 1 aliphatic carbocycles. The van der Waals surface area contributed by atoms with Gasteiger partial charge in [0.05, 0.1) is 25.6 Å². The quantitative estimate of drug-likeness (QED) is 0.787. The first-order valence-electron chi connectivity index (χ1n) is 6.39. The summed E-state index contributed by atoms with van der Waals surface area (Å²) in [5.74, 6) is 2.17. The second kappa shape index (κ2) is 4.19. The highest BCUT2D eigenvalue weighted by atomic mass is 15.6. The lowest BCUT2D eigenvalue weighted by molar-refractivity contribution is 0.349. The molecule has 0 amide bonds. The Morgan fingerprint density at radius 3 is 2.78 bits per heavy atom. The van der Waals surface area contributed by atoms with E-state index < -0.39 is 0 Å². The van der Waals surface area contributed by atoms with Gasteiger partial charge >= 0.3 is 0 Å². The lowest BCUT2D eigenvalue weighted by atomic mass is 9.82. The van der Waals surface area contributed by atoms with E-state index in [0.717, 1.165) is 24.6 Å². The van der Waals surface area contributed by atoms with Gasteiger partial charge < -0.3 is 4.57 Å². The van der Waals surface area contributed by atoms with E-state index in [2.05, 4.69) is 38.8 Å². The number of nitrogens with zero attached hydrogens (tertiary/aromatic N) is 6. The fraction of sp³-hybridized carbons (Fsp3) is 0.667. The molecule has 1 aliphatic rings. The molecule has 0 spiro atoms. The van der Waals surface area contributed by atoms with Gasteiger partial charge in [-0.2, -0.15) is 4.80 Å². The van der Waals surface area contributed by atoms with Crippen LogP contribution in [0.25, 0.3) is 0 Å². The predicted octanol–water partition coefficient (Wildman–Crippen LogP) is 0.826. The van der Waals surface area contributed by atoms with Crippen molar-refractivity contribution in [3.05, 3.63) is 23.5 Å². The van der Waals surface area contributed by atoms with Gasteiger partial charge in [-0.3, -0.25) is 0 Å². The van der Waals surface area contributed by atoms with Gasteiger partial charge in [0.25, 0.3) is 0 Å². The number of rotatable bonds is 2. The summed E-state index contributed by atoms with van der Waals surface area (Å²) in [7, 11) is 1.78. The van der Waals surface area contributed by atoms with Gasteiger partial charge in [-0.25, -0.2) is 4.98 Å². The zero-order chi connectivity index (χ0) is 12.7. The average molecular weight is 246 g/mol. The third kappa shape index (κ3) is 1.91. The van der Waals surface area contributed by atoms with Crippen molar-refractivity contribution >= 4 is 0 Å². The molecule has 2 heterocycles. The number of aryl methyl sites for hydroxylation is 1. The Bertz CT molecular complexity index is 555. The summed E-state index contributed by atoms with van der Waals surface area (Å²) < 4.78 is 2.16. The highest BCUT2D eigenvalue weighted by Crippen LogP contribution is 2.29. The van der Waals surface area contributed by atoms with Gasteiger partial charge in [-0.1, -0.05) is 13.8 Å². The van der Waals surface area contributed by atoms with Crippen LogP contribution in [0, 0.1) is 11.8 Å². The zero-order valence-electron chi connectivity index (χ0n) is 11.0. The van der Waals surface area contributed by atoms with E-state index in [4.69, 9.17) is 0 Å². The smallest absolute Gasteiger partial charge is 0.194 e. The van der Waals surface area contributed by atoms with E-state index >= 15 is 0 Å². The van der Waals surface area contributed by atoms with E-state index in [1.54, 1.807) is 7.05 Å². The first kappa shape index (κ1) is 11.4. The molecule has 6 heteroatoms. The molecule has 6 nitrogen and oxygen atoms in total. The van der Waals surface area contributed by atoms with Crippen molar-refractivity contribution in [3.8, 4) is 0 Å². The first-order valence-corrected chi connectivity index (χ1v) is 6.39. The fourth-order valence-corrected chi connectivity index (χ4v) is 2.54. The second-order valence-corrected chi connectivity index (χ2v) is 5.32. The Labute approximate surface area is 106 Å². The summed E-state index contributed by atoms with van der Waals surface area (Å²) in [4.78, 5) is 6.01. The van der Waals surface area contributed by atoms with Gasteiger partial charge in [0.15, 0.2) is 5.82 Å². The Morgan fingerprint density at radius 2 is 2.06 bits per heavy atom. The van der Waals surface area contributed by atoms with Crippen LogP contribution in [0.15, 0.2) is 6.33 Å². The summed E-state index contributed by atoms with van der Waals surface area (Å²) in [5, 5.41) is 12.1. The molecule has 0 N–H and O–H groups in total. The van der Waals surface area contributed by atoms with Crippen molar-refractivity contribution in [2.45, 2.75) is 33.2 Å².